The van der Waals surface area contributed by atoms with Gasteiger partial charge in [-0.1, -0.05) is 6.07 Å². The summed E-state index contributed by atoms with van der Waals surface area (Å²) in [5, 5.41) is 12.5. The van der Waals surface area contributed by atoms with Crippen LogP contribution in [0.3, 0.4) is 0 Å². The zero-order valence-corrected chi connectivity index (χ0v) is 11.4. The van der Waals surface area contributed by atoms with E-state index in [4.69, 9.17) is 9.84 Å². The Labute approximate surface area is 117 Å². The summed E-state index contributed by atoms with van der Waals surface area (Å²) in [4.78, 5) is 14.8. The molecule has 5 heteroatoms. The van der Waals surface area contributed by atoms with E-state index in [9.17, 15) is 4.79 Å². The summed E-state index contributed by atoms with van der Waals surface area (Å²) < 4.78 is 5.07. The third-order valence-electron chi connectivity index (χ3n) is 3.06. The summed E-state index contributed by atoms with van der Waals surface area (Å²) in [5.74, 6) is 0.0202. The zero-order valence-electron chi connectivity index (χ0n) is 11.4. The van der Waals surface area contributed by atoms with Crippen molar-refractivity contribution < 1.29 is 14.6 Å². The van der Waals surface area contributed by atoms with Crippen LogP contribution in [0.4, 0.5) is 0 Å². The van der Waals surface area contributed by atoms with Crippen LogP contribution in [-0.2, 0) is 16.0 Å². The average molecular weight is 276 g/mol. The molecular formula is C15H20N2O3. The van der Waals surface area contributed by atoms with Gasteiger partial charge in [-0.2, -0.15) is 0 Å². The monoisotopic (exact) mass is 276 g/mol. The maximum absolute atomic E-state index is 11.6. The van der Waals surface area contributed by atoms with Crippen LogP contribution in [-0.4, -0.2) is 42.4 Å². The van der Waals surface area contributed by atoms with Crippen molar-refractivity contribution in [3.05, 3.63) is 36.0 Å². The van der Waals surface area contributed by atoms with Gasteiger partial charge in [-0.25, -0.2) is 0 Å². The highest BCUT2D eigenvalue weighted by molar-refractivity contribution is 5.80. The third kappa shape index (κ3) is 4.36. The summed E-state index contributed by atoms with van der Waals surface area (Å²) >= 11 is 0. The van der Waals surface area contributed by atoms with Crippen LogP contribution in [0.15, 0.2) is 30.5 Å². The standard InChI is InChI=1S/C15H20N2O3/c18-8-10-20-9-7-17-15(19)4-2-12-1-3-14-13(11-12)5-6-16-14/h1,3,5-6,11,16,18H,2,4,7-10H2,(H,17,19). The molecular weight excluding hydrogens is 256 g/mol. The molecule has 1 aromatic heterocycles. The number of carbonyl (C=O) groups is 1. The van der Waals surface area contributed by atoms with Gasteiger partial charge in [-0.15, -0.1) is 0 Å². The van der Waals surface area contributed by atoms with Crippen LogP contribution >= 0.6 is 0 Å². The number of amides is 1. The van der Waals surface area contributed by atoms with Gasteiger partial charge in [0.15, 0.2) is 0 Å². The second-order valence-corrected chi connectivity index (χ2v) is 4.59. The number of nitrogens with one attached hydrogen (secondary N) is 2. The number of aliphatic hydroxyl groups is 1. The molecule has 108 valence electrons. The Kier molecular flexibility index (Phi) is 5.58. The molecule has 1 aromatic carbocycles. The molecule has 0 fully saturated rings. The summed E-state index contributed by atoms with van der Waals surface area (Å²) in [6.45, 7) is 1.24. The van der Waals surface area contributed by atoms with Gasteiger partial charge in [-0.3, -0.25) is 4.79 Å². The Bertz CT molecular complexity index is 551. The van der Waals surface area contributed by atoms with Crippen LogP contribution in [0, 0.1) is 0 Å². The second-order valence-electron chi connectivity index (χ2n) is 4.59. The van der Waals surface area contributed by atoms with Crippen LogP contribution in [0.5, 0.6) is 0 Å². The van der Waals surface area contributed by atoms with Gasteiger partial charge in [0.1, 0.15) is 0 Å². The van der Waals surface area contributed by atoms with Crippen LogP contribution in [0.1, 0.15) is 12.0 Å². The van der Waals surface area contributed by atoms with Crippen molar-refractivity contribution in [3.63, 3.8) is 0 Å². The lowest BCUT2D eigenvalue weighted by Crippen LogP contribution is -2.27. The lowest BCUT2D eigenvalue weighted by molar-refractivity contribution is -0.121. The molecule has 2 rings (SSSR count). The van der Waals surface area contributed by atoms with Gasteiger partial charge in [0.25, 0.3) is 0 Å². The molecule has 0 spiro atoms. The van der Waals surface area contributed by atoms with E-state index in [0.29, 0.717) is 26.2 Å². The molecule has 0 bridgehead atoms. The van der Waals surface area contributed by atoms with E-state index in [0.717, 1.165) is 17.5 Å². The third-order valence-corrected chi connectivity index (χ3v) is 3.06. The molecule has 0 saturated carbocycles. The summed E-state index contributed by atoms with van der Waals surface area (Å²) in [6, 6.07) is 8.20. The van der Waals surface area contributed by atoms with Gasteiger partial charge in [-0.05, 0) is 35.6 Å². The number of carbonyl (C=O) groups excluding carboxylic acids is 1. The number of fused-ring (bicyclic) bond motifs is 1. The Morgan fingerprint density at radius 3 is 3.05 bits per heavy atom. The van der Waals surface area contributed by atoms with E-state index in [1.807, 2.05) is 24.4 Å². The number of aromatic nitrogens is 1. The van der Waals surface area contributed by atoms with Gasteiger partial charge < -0.3 is 20.1 Å². The minimum atomic E-state index is 0.00950. The van der Waals surface area contributed by atoms with Crippen molar-refractivity contribution in [1.29, 1.82) is 0 Å². The summed E-state index contributed by atoms with van der Waals surface area (Å²) in [5.41, 5.74) is 2.27. The van der Waals surface area contributed by atoms with Gasteiger partial charge in [0.05, 0.1) is 19.8 Å². The second kappa shape index (κ2) is 7.67. The van der Waals surface area contributed by atoms with Crippen molar-refractivity contribution in [2.45, 2.75) is 12.8 Å². The molecule has 0 aliphatic rings. The first-order valence-corrected chi connectivity index (χ1v) is 6.81. The maximum Gasteiger partial charge on any atom is 0.220 e. The minimum Gasteiger partial charge on any atom is -0.394 e. The molecule has 1 heterocycles. The largest absolute Gasteiger partial charge is 0.394 e. The number of aryl methyl sites for hydroxylation is 1. The predicted octanol–water partition coefficient (Wildman–Crippen LogP) is 1.23. The van der Waals surface area contributed by atoms with E-state index in [1.54, 1.807) is 0 Å². The van der Waals surface area contributed by atoms with E-state index >= 15 is 0 Å². The van der Waals surface area contributed by atoms with E-state index < -0.39 is 0 Å². The van der Waals surface area contributed by atoms with Crippen molar-refractivity contribution >= 4 is 16.8 Å². The molecule has 0 aliphatic carbocycles. The molecule has 0 unspecified atom stereocenters. The van der Waals surface area contributed by atoms with Crippen molar-refractivity contribution in [2.24, 2.45) is 0 Å². The summed E-state index contributed by atoms with van der Waals surface area (Å²) in [6.07, 6.45) is 3.11. The highest BCUT2D eigenvalue weighted by Gasteiger charge is 2.03. The molecule has 0 saturated heterocycles. The first kappa shape index (κ1) is 14.6. The fraction of sp³-hybridized carbons (Fsp3) is 0.400. The molecule has 0 aliphatic heterocycles. The van der Waals surface area contributed by atoms with Crippen LogP contribution < -0.4 is 5.32 Å². The molecule has 1 amide bonds. The van der Waals surface area contributed by atoms with Crippen LogP contribution in [0.2, 0.25) is 0 Å². The average Bonchev–Trinajstić information content (AvgIpc) is 2.92. The molecule has 2 aromatic rings. The maximum atomic E-state index is 11.6. The van der Waals surface area contributed by atoms with Gasteiger partial charge >= 0.3 is 0 Å². The Hall–Kier alpha value is -1.85. The van der Waals surface area contributed by atoms with Crippen molar-refractivity contribution in [3.8, 4) is 0 Å². The number of hydrogen-bond donors (Lipinski definition) is 3. The minimum absolute atomic E-state index is 0.00950. The topological polar surface area (TPSA) is 74.4 Å². The first-order chi connectivity index (χ1) is 9.79. The number of benzene rings is 1. The lowest BCUT2D eigenvalue weighted by atomic mass is 10.1. The number of aromatic amines is 1. The predicted molar refractivity (Wildman–Crippen MR) is 77.5 cm³/mol. The smallest absolute Gasteiger partial charge is 0.220 e. The fourth-order valence-electron chi connectivity index (χ4n) is 2.03. The van der Waals surface area contributed by atoms with E-state index in [2.05, 4.69) is 16.4 Å². The molecule has 5 nitrogen and oxygen atoms in total. The van der Waals surface area contributed by atoms with E-state index in [-0.39, 0.29) is 12.5 Å². The highest BCUT2D eigenvalue weighted by atomic mass is 16.5. The molecule has 0 atom stereocenters. The van der Waals surface area contributed by atoms with E-state index in [1.165, 1.54) is 5.39 Å². The fourth-order valence-corrected chi connectivity index (χ4v) is 2.03. The molecule has 0 radical (unpaired) electrons. The van der Waals surface area contributed by atoms with Crippen molar-refractivity contribution in [2.75, 3.05) is 26.4 Å². The first-order valence-electron chi connectivity index (χ1n) is 6.81. The highest BCUT2D eigenvalue weighted by Crippen LogP contribution is 2.15. The SMILES string of the molecule is O=C(CCc1ccc2[nH]ccc2c1)NCCOCCO. The lowest BCUT2D eigenvalue weighted by Gasteiger charge is -2.06. The number of rotatable bonds is 8. The normalized spacial score (nSPS) is 10.8. The quantitative estimate of drug-likeness (QED) is 0.635. The molecule has 3 N–H and O–H groups in total. The number of hydrogen-bond acceptors (Lipinski definition) is 3. The Morgan fingerprint density at radius 1 is 1.30 bits per heavy atom. The number of H-pyrrole nitrogens is 1. The number of aliphatic hydroxyl groups excluding tert-OH is 1. The van der Waals surface area contributed by atoms with Crippen molar-refractivity contribution in [1.82, 2.24) is 10.3 Å². The number of ether oxygens (including phenoxy) is 1. The molecule has 20 heavy (non-hydrogen) atoms. The van der Waals surface area contributed by atoms with Gasteiger partial charge in [0.2, 0.25) is 5.91 Å². The Morgan fingerprint density at radius 2 is 2.20 bits per heavy atom. The summed E-state index contributed by atoms with van der Waals surface area (Å²) in [7, 11) is 0. The Balaban J connectivity index is 1.70. The van der Waals surface area contributed by atoms with Crippen LogP contribution in [0.25, 0.3) is 10.9 Å². The van der Waals surface area contributed by atoms with Gasteiger partial charge in [0, 0.05) is 24.7 Å². The zero-order chi connectivity index (χ0) is 14.2.